The van der Waals surface area contributed by atoms with Gasteiger partial charge in [0.15, 0.2) is 0 Å². The van der Waals surface area contributed by atoms with Gasteiger partial charge in [-0.3, -0.25) is 10.1 Å². The van der Waals surface area contributed by atoms with E-state index in [1.807, 2.05) is 0 Å². The maximum absolute atomic E-state index is 10.5. The van der Waals surface area contributed by atoms with E-state index >= 15 is 0 Å². The zero-order chi connectivity index (χ0) is 12.1. The molecule has 0 spiro atoms. The van der Waals surface area contributed by atoms with Gasteiger partial charge in [-0.1, -0.05) is 13.8 Å². The lowest BCUT2D eigenvalue weighted by molar-refractivity contribution is -0.384. The Morgan fingerprint density at radius 2 is 2.19 bits per heavy atom. The molecule has 88 valence electrons. The van der Waals surface area contributed by atoms with Crippen molar-refractivity contribution in [2.45, 2.75) is 20.3 Å². The summed E-state index contributed by atoms with van der Waals surface area (Å²) in [5.41, 5.74) is 6.90. The van der Waals surface area contributed by atoms with E-state index in [2.05, 4.69) is 19.2 Å². The normalized spacial score (nSPS) is 10.4. The fourth-order valence-corrected chi connectivity index (χ4v) is 1.32. The zero-order valence-electron chi connectivity index (χ0n) is 9.56. The molecular formula is C11H17N3O2. The summed E-state index contributed by atoms with van der Waals surface area (Å²) in [6.07, 6.45) is 1.04. The summed E-state index contributed by atoms with van der Waals surface area (Å²) in [6.45, 7) is 5.10. The highest BCUT2D eigenvalue weighted by molar-refractivity contribution is 5.69. The van der Waals surface area contributed by atoms with Gasteiger partial charge < -0.3 is 11.1 Å². The third-order valence-corrected chi connectivity index (χ3v) is 2.28. The van der Waals surface area contributed by atoms with Crippen molar-refractivity contribution >= 4 is 17.1 Å². The summed E-state index contributed by atoms with van der Waals surface area (Å²) >= 11 is 0. The van der Waals surface area contributed by atoms with E-state index in [1.54, 1.807) is 6.07 Å². The second kappa shape index (κ2) is 5.34. The molecule has 5 nitrogen and oxygen atoms in total. The second-order valence-electron chi connectivity index (χ2n) is 4.14. The molecule has 0 heterocycles. The van der Waals surface area contributed by atoms with Gasteiger partial charge in [0.25, 0.3) is 5.69 Å². The second-order valence-corrected chi connectivity index (χ2v) is 4.14. The molecule has 16 heavy (non-hydrogen) atoms. The van der Waals surface area contributed by atoms with Crippen LogP contribution in [0.15, 0.2) is 18.2 Å². The van der Waals surface area contributed by atoms with Gasteiger partial charge in [0.2, 0.25) is 0 Å². The molecule has 3 N–H and O–H groups in total. The van der Waals surface area contributed by atoms with Crippen molar-refractivity contribution in [2.24, 2.45) is 5.92 Å². The van der Waals surface area contributed by atoms with Gasteiger partial charge in [-0.2, -0.15) is 0 Å². The fourth-order valence-electron chi connectivity index (χ4n) is 1.32. The van der Waals surface area contributed by atoms with Crippen LogP contribution in [0.5, 0.6) is 0 Å². The number of nitrogens with one attached hydrogen (secondary N) is 1. The average Bonchev–Trinajstić information content (AvgIpc) is 2.19. The van der Waals surface area contributed by atoms with Gasteiger partial charge in [0.05, 0.1) is 16.3 Å². The highest BCUT2D eigenvalue weighted by atomic mass is 16.6. The molecular weight excluding hydrogens is 206 g/mol. The summed E-state index contributed by atoms with van der Waals surface area (Å²) in [7, 11) is 0. The Hall–Kier alpha value is -1.78. The van der Waals surface area contributed by atoms with Gasteiger partial charge in [0.1, 0.15) is 0 Å². The molecule has 0 aromatic heterocycles. The van der Waals surface area contributed by atoms with E-state index in [9.17, 15) is 10.1 Å². The fraction of sp³-hybridized carbons (Fsp3) is 0.455. The minimum Gasteiger partial charge on any atom is -0.397 e. The predicted molar refractivity (Wildman–Crippen MR) is 65.5 cm³/mol. The lowest BCUT2D eigenvalue weighted by atomic mass is 10.1. The Balaban J connectivity index is 2.64. The van der Waals surface area contributed by atoms with Crippen molar-refractivity contribution in [2.75, 3.05) is 17.6 Å². The van der Waals surface area contributed by atoms with Crippen molar-refractivity contribution in [3.8, 4) is 0 Å². The lowest BCUT2D eigenvalue weighted by Crippen LogP contribution is -2.06. The molecule has 0 aliphatic rings. The van der Waals surface area contributed by atoms with Crippen molar-refractivity contribution in [3.63, 3.8) is 0 Å². The van der Waals surface area contributed by atoms with Gasteiger partial charge in [-0.15, -0.1) is 0 Å². The molecule has 0 fully saturated rings. The first-order valence-corrected chi connectivity index (χ1v) is 5.28. The van der Waals surface area contributed by atoms with Crippen LogP contribution in [0.4, 0.5) is 17.1 Å². The lowest BCUT2D eigenvalue weighted by Gasteiger charge is -2.10. The van der Waals surface area contributed by atoms with Gasteiger partial charge in [0, 0.05) is 18.7 Å². The number of nitro groups is 1. The zero-order valence-corrected chi connectivity index (χ0v) is 9.56. The molecule has 0 amide bonds. The predicted octanol–water partition coefficient (Wildman–Crippen LogP) is 2.63. The van der Waals surface area contributed by atoms with Crippen LogP contribution in [0.1, 0.15) is 20.3 Å². The van der Waals surface area contributed by atoms with Crippen molar-refractivity contribution in [1.82, 2.24) is 0 Å². The maximum Gasteiger partial charge on any atom is 0.271 e. The summed E-state index contributed by atoms with van der Waals surface area (Å²) < 4.78 is 0. The number of hydrogen-bond acceptors (Lipinski definition) is 4. The van der Waals surface area contributed by atoms with Crippen LogP contribution in [0.25, 0.3) is 0 Å². The number of rotatable bonds is 5. The van der Waals surface area contributed by atoms with Crippen LogP contribution in [0.3, 0.4) is 0 Å². The van der Waals surface area contributed by atoms with Crippen molar-refractivity contribution < 1.29 is 4.92 Å². The van der Waals surface area contributed by atoms with Gasteiger partial charge in [-0.05, 0) is 18.4 Å². The van der Waals surface area contributed by atoms with E-state index in [1.165, 1.54) is 12.1 Å². The van der Waals surface area contributed by atoms with Crippen LogP contribution < -0.4 is 11.1 Å². The first kappa shape index (κ1) is 12.3. The Morgan fingerprint density at radius 1 is 1.50 bits per heavy atom. The van der Waals surface area contributed by atoms with Crippen LogP contribution >= 0.6 is 0 Å². The van der Waals surface area contributed by atoms with Crippen LogP contribution in [-0.2, 0) is 0 Å². The average molecular weight is 223 g/mol. The molecule has 1 aromatic rings. The molecule has 1 aromatic carbocycles. The number of non-ortho nitro benzene ring substituents is 1. The summed E-state index contributed by atoms with van der Waals surface area (Å²) in [4.78, 5) is 10.0. The smallest absolute Gasteiger partial charge is 0.271 e. The van der Waals surface area contributed by atoms with E-state index in [0.717, 1.165) is 18.7 Å². The Bertz CT molecular complexity index is 377. The Labute approximate surface area is 94.8 Å². The first-order valence-electron chi connectivity index (χ1n) is 5.28. The molecule has 0 saturated carbocycles. The van der Waals surface area contributed by atoms with Crippen LogP contribution in [-0.4, -0.2) is 11.5 Å². The minimum atomic E-state index is -0.450. The number of benzene rings is 1. The molecule has 0 atom stereocenters. The van der Waals surface area contributed by atoms with E-state index in [0.29, 0.717) is 11.6 Å². The molecule has 0 saturated heterocycles. The van der Waals surface area contributed by atoms with Crippen molar-refractivity contribution in [1.29, 1.82) is 0 Å². The molecule has 0 aliphatic carbocycles. The monoisotopic (exact) mass is 223 g/mol. The highest BCUT2D eigenvalue weighted by Gasteiger charge is 2.08. The minimum absolute atomic E-state index is 0.0203. The van der Waals surface area contributed by atoms with E-state index < -0.39 is 4.92 Å². The number of nitrogens with two attached hydrogens (primary N) is 1. The Kier molecular flexibility index (Phi) is 4.10. The first-order chi connectivity index (χ1) is 7.50. The topological polar surface area (TPSA) is 81.2 Å². The summed E-state index contributed by atoms with van der Waals surface area (Å²) in [6, 6.07) is 4.47. The molecule has 1 rings (SSSR count). The number of anilines is 2. The number of nitrogen functional groups attached to an aromatic ring is 1. The van der Waals surface area contributed by atoms with Gasteiger partial charge in [-0.25, -0.2) is 0 Å². The quantitative estimate of drug-likeness (QED) is 0.456. The maximum atomic E-state index is 10.5. The molecule has 0 aliphatic heterocycles. The standard InChI is InChI=1S/C11H17N3O2/c1-8(2)5-6-13-11-4-3-9(14(15)16)7-10(11)12/h3-4,7-8,13H,5-6,12H2,1-2H3. The largest absolute Gasteiger partial charge is 0.397 e. The molecule has 0 unspecified atom stereocenters. The van der Waals surface area contributed by atoms with Crippen LogP contribution in [0.2, 0.25) is 0 Å². The van der Waals surface area contributed by atoms with E-state index in [4.69, 9.17) is 5.73 Å². The third-order valence-electron chi connectivity index (χ3n) is 2.28. The van der Waals surface area contributed by atoms with Crippen molar-refractivity contribution in [3.05, 3.63) is 28.3 Å². The molecule has 0 bridgehead atoms. The number of nitrogens with zero attached hydrogens (tertiary/aromatic N) is 1. The summed E-state index contributed by atoms with van der Waals surface area (Å²) in [5.74, 6) is 0.617. The number of nitro benzene ring substituents is 1. The molecule has 0 radical (unpaired) electrons. The van der Waals surface area contributed by atoms with E-state index in [-0.39, 0.29) is 5.69 Å². The highest BCUT2D eigenvalue weighted by Crippen LogP contribution is 2.24. The van der Waals surface area contributed by atoms with Gasteiger partial charge >= 0.3 is 0 Å². The van der Waals surface area contributed by atoms with Crippen LogP contribution in [0, 0.1) is 16.0 Å². The SMILES string of the molecule is CC(C)CCNc1ccc([N+](=O)[O-])cc1N. The Morgan fingerprint density at radius 3 is 2.69 bits per heavy atom. The number of hydrogen-bond donors (Lipinski definition) is 2. The third kappa shape index (κ3) is 3.42. The molecule has 5 heteroatoms. The summed E-state index contributed by atoms with van der Waals surface area (Å²) in [5, 5.41) is 13.7.